The molecule has 0 N–H and O–H groups in total. The van der Waals surface area contributed by atoms with Crippen LogP contribution in [0.3, 0.4) is 0 Å². The number of amides is 1. The molecule has 2 aliphatic rings. The number of piperazine rings is 1. The van der Waals surface area contributed by atoms with Gasteiger partial charge in [-0.15, -0.1) is 12.3 Å². The molecule has 1 saturated heterocycles. The predicted molar refractivity (Wildman–Crippen MR) is 98.2 cm³/mol. The number of benzene rings is 1. The van der Waals surface area contributed by atoms with Gasteiger partial charge in [0.1, 0.15) is 0 Å². The summed E-state index contributed by atoms with van der Waals surface area (Å²) in [5.74, 6) is 2.63. The monoisotopic (exact) mass is 392 g/mol. The van der Waals surface area contributed by atoms with E-state index in [1.807, 2.05) is 0 Å². The Bertz CT molecular complexity index is 770. The van der Waals surface area contributed by atoms with E-state index >= 15 is 0 Å². The summed E-state index contributed by atoms with van der Waals surface area (Å²) in [6.45, 7) is 2.86. The maximum absolute atomic E-state index is 12.8. The molecule has 28 heavy (non-hydrogen) atoms. The maximum atomic E-state index is 12.8. The van der Waals surface area contributed by atoms with Crippen LogP contribution in [0.25, 0.3) is 0 Å². The molecule has 0 aromatic heterocycles. The molecule has 1 aromatic carbocycles. The minimum atomic E-state index is -4.33. The Morgan fingerprint density at radius 2 is 1.89 bits per heavy atom. The summed E-state index contributed by atoms with van der Waals surface area (Å²) in [5.41, 5.74) is -0.455. The van der Waals surface area contributed by atoms with Crippen LogP contribution in [0, 0.1) is 12.3 Å². The number of rotatable bonds is 7. The van der Waals surface area contributed by atoms with E-state index < -0.39 is 17.4 Å². The molecule has 1 amide bonds. The Morgan fingerprint density at radius 1 is 1.18 bits per heavy atom. The van der Waals surface area contributed by atoms with Crippen molar-refractivity contribution in [1.29, 1.82) is 0 Å². The molecule has 150 valence electrons. The second kappa shape index (κ2) is 8.31. The number of hydrogen-bond acceptors (Lipinski definition) is 4. The molecule has 0 aliphatic carbocycles. The number of halogens is 3. The first kappa shape index (κ1) is 20.3. The molecule has 0 saturated carbocycles. The molecule has 0 bridgehead atoms. The van der Waals surface area contributed by atoms with Crippen molar-refractivity contribution >= 4 is 5.91 Å². The lowest BCUT2D eigenvalue weighted by Crippen LogP contribution is -2.48. The average Bonchev–Trinajstić information content (AvgIpc) is 3.45. The van der Waals surface area contributed by atoms with Crippen LogP contribution in [0.5, 0.6) is 0 Å². The summed E-state index contributed by atoms with van der Waals surface area (Å²) in [5, 5.41) is 8.08. The Labute approximate surface area is 162 Å². The van der Waals surface area contributed by atoms with E-state index in [-0.39, 0.29) is 5.91 Å². The molecule has 0 radical (unpaired) electrons. The minimum absolute atomic E-state index is 0.0658. The molecule has 0 spiro atoms. The van der Waals surface area contributed by atoms with Gasteiger partial charge in [-0.2, -0.15) is 23.4 Å². The van der Waals surface area contributed by atoms with Crippen LogP contribution < -0.4 is 0 Å². The first-order chi connectivity index (χ1) is 13.3. The van der Waals surface area contributed by atoms with Crippen molar-refractivity contribution < 1.29 is 18.0 Å². The lowest BCUT2D eigenvalue weighted by atomic mass is 10.0. The molecule has 3 rings (SSSR count). The quantitative estimate of drug-likeness (QED) is 0.665. The van der Waals surface area contributed by atoms with Gasteiger partial charge in [-0.05, 0) is 11.6 Å². The fourth-order valence-corrected chi connectivity index (χ4v) is 3.39. The molecular weight excluding hydrogens is 369 g/mol. The van der Waals surface area contributed by atoms with Crippen molar-refractivity contribution in [3.05, 3.63) is 35.4 Å². The molecule has 2 heterocycles. The number of carbonyl (C=O) groups is 1. The van der Waals surface area contributed by atoms with Crippen LogP contribution in [0.15, 0.2) is 34.5 Å². The van der Waals surface area contributed by atoms with E-state index in [0.717, 1.165) is 6.07 Å². The predicted octanol–water partition coefficient (Wildman–Crippen LogP) is 3.71. The van der Waals surface area contributed by atoms with Gasteiger partial charge in [0.05, 0.1) is 5.56 Å². The largest absolute Gasteiger partial charge is 0.416 e. The second-order valence-electron chi connectivity index (χ2n) is 7.24. The highest BCUT2D eigenvalue weighted by Crippen LogP contribution is 2.37. The van der Waals surface area contributed by atoms with Crippen LogP contribution in [0.1, 0.15) is 36.8 Å². The smallest absolute Gasteiger partial charge is 0.340 e. The normalized spacial score (nSPS) is 18.7. The van der Waals surface area contributed by atoms with Crippen LogP contribution >= 0.6 is 0 Å². The number of terminal acetylenes is 1. The van der Waals surface area contributed by atoms with Gasteiger partial charge in [-0.1, -0.05) is 18.2 Å². The van der Waals surface area contributed by atoms with Gasteiger partial charge in [0.15, 0.2) is 5.66 Å². The van der Waals surface area contributed by atoms with Gasteiger partial charge in [-0.3, -0.25) is 9.69 Å². The van der Waals surface area contributed by atoms with Gasteiger partial charge in [0.25, 0.3) is 0 Å². The van der Waals surface area contributed by atoms with Gasteiger partial charge in [0.2, 0.25) is 5.91 Å². The number of alkyl halides is 3. The van der Waals surface area contributed by atoms with Gasteiger partial charge >= 0.3 is 6.18 Å². The fourth-order valence-electron chi connectivity index (χ4n) is 3.39. The highest BCUT2D eigenvalue weighted by Gasteiger charge is 2.39. The summed E-state index contributed by atoms with van der Waals surface area (Å²) in [4.78, 5) is 16.3. The number of hydrogen-bond donors (Lipinski definition) is 0. The Hall–Kier alpha value is -2.40. The lowest BCUT2D eigenvalue weighted by Gasteiger charge is -2.35. The average molecular weight is 392 g/mol. The highest BCUT2D eigenvalue weighted by molar-refractivity contribution is 5.76. The van der Waals surface area contributed by atoms with Crippen molar-refractivity contribution in [1.82, 2.24) is 9.80 Å². The van der Waals surface area contributed by atoms with Crippen molar-refractivity contribution in [3.63, 3.8) is 0 Å². The summed E-state index contributed by atoms with van der Waals surface area (Å²) in [6, 6.07) is 5.40. The number of carbonyl (C=O) groups excluding carboxylic acids is 1. The third-order valence-corrected chi connectivity index (χ3v) is 5.18. The second-order valence-corrected chi connectivity index (χ2v) is 7.24. The van der Waals surface area contributed by atoms with Crippen LogP contribution in [-0.4, -0.2) is 47.5 Å². The van der Waals surface area contributed by atoms with Crippen molar-refractivity contribution in [2.24, 2.45) is 10.2 Å². The van der Waals surface area contributed by atoms with E-state index in [9.17, 15) is 18.0 Å². The first-order valence-corrected chi connectivity index (χ1v) is 9.35. The zero-order valence-corrected chi connectivity index (χ0v) is 15.6. The third-order valence-electron chi connectivity index (χ3n) is 5.18. The third kappa shape index (κ3) is 5.32. The minimum Gasteiger partial charge on any atom is -0.340 e. The van der Waals surface area contributed by atoms with Gasteiger partial charge in [0, 0.05) is 58.4 Å². The highest BCUT2D eigenvalue weighted by atomic mass is 19.4. The lowest BCUT2D eigenvalue weighted by molar-refractivity contribution is -0.137. The SMILES string of the molecule is C#CCCC1(CCC(=O)N2CCN(Cc3cccc(C(F)(F)F)c3)CC2)N=N1. The van der Waals surface area contributed by atoms with Crippen molar-refractivity contribution in [3.8, 4) is 12.3 Å². The van der Waals surface area contributed by atoms with E-state index in [0.29, 0.717) is 64.0 Å². The van der Waals surface area contributed by atoms with E-state index in [1.54, 1.807) is 11.0 Å². The van der Waals surface area contributed by atoms with Crippen LogP contribution in [0.4, 0.5) is 13.2 Å². The molecular formula is C20H23F3N4O. The molecule has 2 aliphatic heterocycles. The number of nitrogens with zero attached hydrogens (tertiary/aromatic N) is 4. The van der Waals surface area contributed by atoms with Crippen LogP contribution in [0.2, 0.25) is 0 Å². The Morgan fingerprint density at radius 3 is 2.50 bits per heavy atom. The van der Waals surface area contributed by atoms with Gasteiger partial charge < -0.3 is 4.90 Å². The summed E-state index contributed by atoms with van der Waals surface area (Å²) >= 11 is 0. The van der Waals surface area contributed by atoms with Gasteiger partial charge in [-0.25, -0.2) is 0 Å². The summed E-state index contributed by atoms with van der Waals surface area (Å²) < 4.78 is 38.5. The van der Waals surface area contributed by atoms with Crippen molar-refractivity contribution in [2.45, 2.75) is 44.1 Å². The molecule has 1 aromatic rings. The fraction of sp³-hybridized carbons (Fsp3) is 0.550. The van der Waals surface area contributed by atoms with Crippen molar-refractivity contribution in [2.75, 3.05) is 26.2 Å². The molecule has 5 nitrogen and oxygen atoms in total. The molecule has 1 fully saturated rings. The van der Waals surface area contributed by atoms with E-state index in [2.05, 4.69) is 21.0 Å². The molecule has 8 heteroatoms. The van der Waals surface area contributed by atoms with E-state index in [4.69, 9.17) is 6.42 Å². The maximum Gasteiger partial charge on any atom is 0.416 e. The summed E-state index contributed by atoms with van der Waals surface area (Å²) in [7, 11) is 0. The molecule has 0 atom stereocenters. The topological polar surface area (TPSA) is 48.3 Å². The zero-order valence-electron chi connectivity index (χ0n) is 15.6. The van der Waals surface area contributed by atoms with Crippen LogP contribution in [-0.2, 0) is 17.5 Å². The Balaban J connectivity index is 1.43. The zero-order chi connectivity index (χ0) is 20.2. The molecule has 0 unspecified atom stereocenters. The first-order valence-electron chi connectivity index (χ1n) is 9.35. The standard InChI is InChI=1S/C20H23F3N4O/c1-2-3-8-19(24-25-19)9-7-18(28)27-12-10-26(11-13-27)15-16-5-4-6-17(14-16)20(21,22)23/h1,4-6,14H,3,7-13,15H2. The van der Waals surface area contributed by atoms with E-state index in [1.165, 1.54) is 12.1 Å². The summed E-state index contributed by atoms with van der Waals surface area (Å²) in [6.07, 6.45) is 3.17. The Kier molecular flexibility index (Phi) is 6.04.